The van der Waals surface area contributed by atoms with Crippen LogP contribution in [0.3, 0.4) is 0 Å². The first-order chi connectivity index (χ1) is 8.25. The normalized spacial score (nSPS) is 13.2. The zero-order chi connectivity index (χ0) is 13.9. The van der Waals surface area contributed by atoms with Crippen molar-refractivity contribution in [1.29, 1.82) is 0 Å². The Morgan fingerprint density at radius 1 is 1.44 bits per heavy atom. The molecule has 1 unspecified atom stereocenters. The van der Waals surface area contributed by atoms with Gasteiger partial charge in [0, 0.05) is 23.2 Å². The van der Waals surface area contributed by atoms with Crippen molar-refractivity contribution in [2.45, 2.75) is 33.7 Å². The maximum atomic E-state index is 12.2. The highest BCUT2D eigenvalue weighted by atomic mass is 35.5. The highest BCUT2D eigenvalue weighted by Gasteiger charge is 2.25. The minimum atomic E-state index is -0.125. The Bertz CT molecular complexity index is 438. The largest absolute Gasteiger partial charge is 0.347 e. The molecule has 0 saturated heterocycles. The van der Waals surface area contributed by atoms with E-state index in [1.165, 1.54) is 0 Å². The fourth-order valence-electron chi connectivity index (χ4n) is 1.70. The first-order valence-electron chi connectivity index (χ1n) is 6.02. The van der Waals surface area contributed by atoms with Gasteiger partial charge >= 0.3 is 0 Å². The van der Waals surface area contributed by atoms with Gasteiger partial charge in [0.1, 0.15) is 0 Å². The minimum absolute atomic E-state index is 0.0663. The Hall–Kier alpha value is -1.06. The van der Waals surface area contributed by atoms with Crippen LogP contribution in [0, 0.1) is 12.3 Å². The van der Waals surface area contributed by atoms with Crippen LogP contribution in [-0.2, 0) is 0 Å². The van der Waals surface area contributed by atoms with Crippen molar-refractivity contribution in [3.05, 3.63) is 34.3 Å². The first kappa shape index (κ1) is 15.0. The standard InChI is InChI=1S/C14H21ClN2O/c1-9-5-6-10(15)7-11(9)13(18)17-12(8-16)14(2,3)4/h5-7,12H,8,16H2,1-4H3,(H,17,18). The Kier molecular flexibility index (Phi) is 4.77. The van der Waals surface area contributed by atoms with Crippen molar-refractivity contribution in [3.63, 3.8) is 0 Å². The van der Waals surface area contributed by atoms with Crippen LogP contribution in [0.2, 0.25) is 5.02 Å². The molecule has 0 aromatic heterocycles. The third-order valence-corrected chi connectivity index (χ3v) is 3.27. The first-order valence-corrected chi connectivity index (χ1v) is 6.40. The lowest BCUT2D eigenvalue weighted by Crippen LogP contribution is -2.48. The third-order valence-electron chi connectivity index (χ3n) is 3.03. The zero-order valence-corrected chi connectivity index (χ0v) is 12.1. The van der Waals surface area contributed by atoms with E-state index in [0.717, 1.165) is 5.56 Å². The molecule has 100 valence electrons. The van der Waals surface area contributed by atoms with E-state index in [-0.39, 0.29) is 17.4 Å². The molecule has 1 aromatic carbocycles. The molecule has 0 spiro atoms. The van der Waals surface area contributed by atoms with E-state index in [0.29, 0.717) is 17.1 Å². The fourth-order valence-corrected chi connectivity index (χ4v) is 1.88. The predicted octanol–water partition coefficient (Wildman–Crippen LogP) is 2.75. The van der Waals surface area contributed by atoms with E-state index in [2.05, 4.69) is 26.1 Å². The average molecular weight is 269 g/mol. The molecular formula is C14H21ClN2O. The van der Waals surface area contributed by atoms with Crippen molar-refractivity contribution in [2.24, 2.45) is 11.1 Å². The van der Waals surface area contributed by atoms with Gasteiger partial charge in [-0.15, -0.1) is 0 Å². The lowest BCUT2D eigenvalue weighted by Gasteiger charge is -2.30. The predicted molar refractivity (Wildman–Crippen MR) is 76.0 cm³/mol. The van der Waals surface area contributed by atoms with Crippen LogP contribution in [0.25, 0.3) is 0 Å². The highest BCUT2D eigenvalue weighted by molar-refractivity contribution is 6.31. The number of benzene rings is 1. The smallest absolute Gasteiger partial charge is 0.251 e. The van der Waals surface area contributed by atoms with Crippen molar-refractivity contribution >= 4 is 17.5 Å². The summed E-state index contributed by atoms with van der Waals surface area (Å²) >= 11 is 5.92. The topological polar surface area (TPSA) is 55.1 Å². The molecule has 18 heavy (non-hydrogen) atoms. The van der Waals surface area contributed by atoms with Crippen LogP contribution in [0.1, 0.15) is 36.7 Å². The zero-order valence-electron chi connectivity index (χ0n) is 11.4. The number of carbonyl (C=O) groups is 1. The van der Waals surface area contributed by atoms with Gasteiger partial charge in [0.15, 0.2) is 0 Å². The molecule has 3 N–H and O–H groups in total. The summed E-state index contributed by atoms with van der Waals surface area (Å²) in [4.78, 5) is 12.2. The van der Waals surface area contributed by atoms with Gasteiger partial charge in [-0.3, -0.25) is 4.79 Å². The van der Waals surface area contributed by atoms with Gasteiger partial charge in [-0.05, 0) is 30.0 Å². The number of nitrogens with two attached hydrogens (primary N) is 1. The van der Waals surface area contributed by atoms with Gasteiger partial charge < -0.3 is 11.1 Å². The highest BCUT2D eigenvalue weighted by Crippen LogP contribution is 2.20. The quantitative estimate of drug-likeness (QED) is 0.886. The average Bonchev–Trinajstić information content (AvgIpc) is 2.27. The second-order valence-electron chi connectivity index (χ2n) is 5.59. The van der Waals surface area contributed by atoms with Gasteiger partial charge in [-0.1, -0.05) is 38.4 Å². The molecule has 1 atom stereocenters. The molecule has 0 heterocycles. The Morgan fingerprint density at radius 3 is 2.56 bits per heavy atom. The minimum Gasteiger partial charge on any atom is -0.347 e. The van der Waals surface area contributed by atoms with Crippen LogP contribution in [-0.4, -0.2) is 18.5 Å². The molecule has 0 fully saturated rings. The van der Waals surface area contributed by atoms with Crippen molar-refractivity contribution < 1.29 is 4.79 Å². The lowest BCUT2D eigenvalue weighted by atomic mass is 9.86. The van der Waals surface area contributed by atoms with Gasteiger partial charge in [0.25, 0.3) is 5.91 Å². The fraction of sp³-hybridized carbons (Fsp3) is 0.500. The van der Waals surface area contributed by atoms with Crippen molar-refractivity contribution in [2.75, 3.05) is 6.54 Å². The van der Waals surface area contributed by atoms with E-state index >= 15 is 0 Å². The van der Waals surface area contributed by atoms with E-state index < -0.39 is 0 Å². The number of carbonyl (C=O) groups excluding carboxylic acids is 1. The Morgan fingerprint density at radius 2 is 2.06 bits per heavy atom. The van der Waals surface area contributed by atoms with Gasteiger partial charge in [-0.25, -0.2) is 0 Å². The maximum Gasteiger partial charge on any atom is 0.251 e. The molecular weight excluding hydrogens is 248 g/mol. The Balaban J connectivity index is 2.91. The molecule has 0 saturated carbocycles. The molecule has 0 aliphatic heterocycles. The number of nitrogens with one attached hydrogen (secondary N) is 1. The molecule has 1 amide bonds. The van der Waals surface area contributed by atoms with Crippen LogP contribution >= 0.6 is 11.6 Å². The van der Waals surface area contributed by atoms with E-state index in [4.69, 9.17) is 17.3 Å². The van der Waals surface area contributed by atoms with Gasteiger partial charge in [0.05, 0.1) is 0 Å². The summed E-state index contributed by atoms with van der Waals surface area (Å²) in [6.07, 6.45) is 0. The monoisotopic (exact) mass is 268 g/mol. The summed E-state index contributed by atoms with van der Waals surface area (Å²) in [7, 11) is 0. The van der Waals surface area contributed by atoms with Crippen LogP contribution in [0.15, 0.2) is 18.2 Å². The number of halogens is 1. The van der Waals surface area contributed by atoms with Crippen LogP contribution in [0.5, 0.6) is 0 Å². The van der Waals surface area contributed by atoms with E-state index in [1.54, 1.807) is 12.1 Å². The summed E-state index contributed by atoms with van der Waals surface area (Å²) in [5.74, 6) is -0.125. The molecule has 0 bridgehead atoms. The summed E-state index contributed by atoms with van der Waals surface area (Å²) in [6.45, 7) is 8.45. The molecule has 0 aliphatic rings. The number of hydrogen-bond donors (Lipinski definition) is 2. The molecule has 1 aromatic rings. The number of amides is 1. The number of rotatable bonds is 3. The molecule has 0 aliphatic carbocycles. The van der Waals surface area contributed by atoms with Crippen molar-refractivity contribution in [1.82, 2.24) is 5.32 Å². The lowest BCUT2D eigenvalue weighted by molar-refractivity contribution is 0.0905. The summed E-state index contributed by atoms with van der Waals surface area (Å²) in [5, 5.41) is 3.53. The second-order valence-corrected chi connectivity index (χ2v) is 6.02. The van der Waals surface area contributed by atoms with Gasteiger partial charge in [-0.2, -0.15) is 0 Å². The number of hydrogen-bond acceptors (Lipinski definition) is 2. The van der Waals surface area contributed by atoms with Crippen LogP contribution in [0.4, 0.5) is 0 Å². The summed E-state index contributed by atoms with van der Waals surface area (Å²) < 4.78 is 0. The summed E-state index contributed by atoms with van der Waals surface area (Å²) in [6, 6.07) is 5.23. The summed E-state index contributed by atoms with van der Waals surface area (Å²) in [5.41, 5.74) is 7.15. The third kappa shape index (κ3) is 3.72. The van der Waals surface area contributed by atoms with E-state index in [9.17, 15) is 4.79 Å². The molecule has 1 rings (SSSR count). The SMILES string of the molecule is Cc1ccc(Cl)cc1C(=O)NC(CN)C(C)(C)C. The molecule has 0 radical (unpaired) electrons. The second kappa shape index (κ2) is 5.72. The molecule has 3 nitrogen and oxygen atoms in total. The Labute approximate surface area is 114 Å². The molecule has 4 heteroatoms. The van der Waals surface area contributed by atoms with E-state index in [1.807, 2.05) is 13.0 Å². The van der Waals surface area contributed by atoms with Gasteiger partial charge in [0.2, 0.25) is 0 Å². The van der Waals surface area contributed by atoms with Crippen molar-refractivity contribution in [3.8, 4) is 0 Å². The number of aryl methyl sites for hydroxylation is 1. The van der Waals surface area contributed by atoms with Crippen LogP contribution < -0.4 is 11.1 Å². The maximum absolute atomic E-state index is 12.2.